The quantitative estimate of drug-likeness (QED) is 0.812. The van der Waals surface area contributed by atoms with Gasteiger partial charge in [-0.2, -0.15) is 11.3 Å². The maximum Gasteiger partial charge on any atom is 0.241 e. The van der Waals surface area contributed by atoms with Crippen LogP contribution in [0.4, 0.5) is 0 Å². The summed E-state index contributed by atoms with van der Waals surface area (Å²) in [6, 6.07) is 6.05. The van der Waals surface area contributed by atoms with Crippen molar-refractivity contribution in [2.45, 2.75) is 45.1 Å². The minimum atomic E-state index is -3.45. The predicted octanol–water partition coefficient (Wildman–Crippen LogP) is 3.86. The smallest absolute Gasteiger partial charge is 0.241 e. The normalized spacial score (nSPS) is 16.9. The molecule has 1 aromatic heterocycles. The summed E-state index contributed by atoms with van der Waals surface area (Å²) in [4.78, 5) is 2.90. The first-order valence-electron chi connectivity index (χ1n) is 9.16. The van der Waals surface area contributed by atoms with E-state index in [0.717, 1.165) is 49.2 Å². The number of thiophene rings is 1. The number of rotatable bonds is 6. The summed E-state index contributed by atoms with van der Waals surface area (Å²) >= 11 is 1.74. The number of hydrogen-bond donors (Lipinski definition) is 1. The fourth-order valence-electron chi connectivity index (χ4n) is 3.88. The number of nitrogens with one attached hydrogen (secondary N) is 1. The Bertz CT molecular complexity index is 814. The molecule has 3 rings (SSSR count). The van der Waals surface area contributed by atoms with Gasteiger partial charge < -0.3 is 0 Å². The van der Waals surface area contributed by atoms with Gasteiger partial charge in [0.05, 0.1) is 4.90 Å². The summed E-state index contributed by atoms with van der Waals surface area (Å²) in [6.07, 6.45) is 2.08. The summed E-state index contributed by atoms with van der Waals surface area (Å²) < 4.78 is 28.4. The van der Waals surface area contributed by atoms with Crippen LogP contribution in [-0.2, 0) is 16.6 Å². The topological polar surface area (TPSA) is 49.4 Å². The molecule has 0 amide bonds. The second kappa shape index (κ2) is 8.21. The van der Waals surface area contributed by atoms with Gasteiger partial charge in [0.15, 0.2) is 0 Å². The van der Waals surface area contributed by atoms with Crippen LogP contribution in [-0.4, -0.2) is 33.0 Å². The molecule has 142 valence electrons. The number of sulfonamides is 1. The van der Waals surface area contributed by atoms with Crippen LogP contribution in [0.1, 0.15) is 35.1 Å². The van der Waals surface area contributed by atoms with Crippen LogP contribution < -0.4 is 4.72 Å². The van der Waals surface area contributed by atoms with Crippen LogP contribution in [0, 0.1) is 26.7 Å². The Morgan fingerprint density at radius 1 is 1.15 bits per heavy atom. The highest BCUT2D eigenvalue weighted by Crippen LogP contribution is 2.23. The summed E-state index contributed by atoms with van der Waals surface area (Å²) in [5.74, 6) is 0.412. The van der Waals surface area contributed by atoms with E-state index < -0.39 is 10.0 Å². The largest absolute Gasteiger partial charge is 0.299 e. The highest BCUT2D eigenvalue weighted by molar-refractivity contribution is 7.89. The summed E-state index contributed by atoms with van der Waals surface area (Å²) in [7, 11) is -3.45. The Morgan fingerprint density at radius 2 is 1.81 bits per heavy atom. The number of nitrogens with zero attached hydrogens (tertiary/aromatic N) is 1. The number of aryl methyl sites for hydroxylation is 3. The van der Waals surface area contributed by atoms with E-state index in [9.17, 15) is 8.42 Å². The fourth-order valence-corrected chi connectivity index (χ4v) is 6.10. The zero-order chi connectivity index (χ0) is 18.7. The maximum atomic E-state index is 12.8. The standard InChI is InChI=1S/C20H28N2O2S2/c1-15-10-16(2)20(17(3)11-15)26(23,24)21-12-18-4-7-22(8-5-18)13-19-6-9-25-14-19/h6,9-11,14,18,21H,4-5,7-8,12-13H2,1-3H3. The molecule has 0 unspecified atom stereocenters. The van der Waals surface area contributed by atoms with Crippen molar-refractivity contribution in [1.29, 1.82) is 0 Å². The van der Waals surface area contributed by atoms with Crippen molar-refractivity contribution in [2.75, 3.05) is 19.6 Å². The summed E-state index contributed by atoms with van der Waals surface area (Å²) in [5.41, 5.74) is 4.11. The molecule has 1 N–H and O–H groups in total. The third-order valence-corrected chi connectivity index (χ3v) is 7.59. The van der Waals surface area contributed by atoms with E-state index in [4.69, 9.17) is 0 Å². The van der Waals surface area contributed by atoms with E-state index in [1.807, 2.05) is 32.9 Å². The Balaban J connectivity index is 1.55. The van der Waals surface area contributed by atoms with E-state index in [1.54, 1.807) is 11.3 Å². The molecule has 2 heterocycles. The van der Waals surface area contributed by atoms with E-state index in [0.29, 0.717) is 17.4 Å². The third kappa shape index (κ3) is 4.74. The second-order valence-electron chi connectivity index (χ2n) is 7.43. The molecule has 0 bridgehead atoms. The molecule has 0 atom stereocenters. The van der Waals surface area contributed by atoms with Crippen molar-refractivity contribution in [1.82, 2.24) is 9.62 Å². The number of likely N-dealkylation sites (tertiary alicyclic amines) is 1. The predicted molar refractivity (Wildman–Crippen MR) is 108 cm³/mol. The molecule has 4 nitrogen and oxygen atoms in total. The molecule has 0 aliphatic carbocycles. The lowest BCUT2D eigenvalue weighted by Crippen LogP contribution is -2.38. The lowest BCUT2D eigenvalue weighted by atomic mass is 9.97. The van der Waals surface area contributed by atoms with Gasteiger partial charge in [0, 0.05) is 13.1 Å². The van der Waals surface area contributed by atoms with E-state index >= 15 is 0 Å². The number of piperidine rings is 1. The van der Waals surface area contributed by atoms with Crippen LogP contribution >= 0.6 is 11.3 Å². The van der Waals surface area contributed by atoms with Crippen LogP contribution in [0.25, 0.3) is 0 Å². The van der Waals surface area contributed by atoms with Gasteiger partial charge in [-0.3, -0.25) is 4.90 Å². The average molecular weight is 393 g/mol. The minimum Gasteiger partial charge on any atom is -0.299 e. The molecule has 1 saturated heterocycles. The van der Waals surface area contributed by atoms with E-state index in [2.05, 4.69) is 26.4 Å². The zero-order valence-corrected chi connectivity index (χ0v) is 17.4. The van der Waals surface area contributed by atoms with Gasteiger partial charge in [0.25, 0.3) is 0 Å². The van der Waals surface area contributed by atoms with Gasteiger partial charge in [0.1, 0.15) is 0 Å². The van der Waals surface area contributed by atoms with Crippen LogP contribution in [0.2, 0.25) is 0 Å². The highest BCUT2D eigenvalue weighted by atomic mass is 32.2. The monoisotopic (exact) mass is 392 g/mol. The molecule has 6 heteroatoms. The van der Waals surface area contributed by atoms with Crippen molar-refractivity contribution in [3.63, 3.8) is 0 Å². The molecular formula is C20H28N2O2S2. The molecule has 1 aromatic carbocycles. The molecule has 26 heavy (non-hydrogen) atoms. The molecule has 0 saturated carbocycles. The first-order valence-corrected chi connectivity index (χ1v) is 11.6. The molecule has 0 spiro atoms. The lowest BCUT2D eigenvalue weighted by molar-refractivity contribution is 0.179. The Labute approximate surface area is 161 Å². The Hall–Kier alpha value is -1.21. The fraction of sp³-hybridized carbons (Fsp3) is 0.500. The van der Waals surface area contributed by atoms with Gasteiger partial charge >= 0.3 is 0 Å². The van der Waals surface area contributed by atoms with Crippen molar-refractivity contribution in [2.24, 2.45) is 5.92 Å². The van der Waals surface area contributed by atoms with Gasteiger partial charge in [-0.1, -0.05) is 17.7 Å². The van der Waals surface area contributed by atoms with Gasteiger partial charge in [-0.05, 0) is 86.1 Å². The van der Waals surface area contributed by atoms with Crippen molar-refractivity contribution >= 4 is 21.4 Å². The second-order valence-corrected chi connectivity index (χ2v) is 9.91. The molecule has 0 radical (unpaired) electrons. The average Bonchev–Trinajstić information content (AvgIpc) is 3.06. The maximum absolute atomic E-state index is 12.8. The molecule has 1 aliphatic heterocycles. The third-order valence-electron chi connectivity index (χ3n) is 5.13. The summed E-state index contributed by atoms with van der Waals surface area (Å²) in [6.45, 7) is 9.34. The van der Waals surface area contributed by atoms with Crippen LogP contribution in [0.15, 0.2) is 33.9 Å². The zero-order valence-electron chi connectivity index (χ0n) is 15.8. The first-order chi connectivity index (χ1) is 12.3. The Kier molecular flexibility index (Phi) is 6.17. The van der Waals surface area contributed by atoms with Crippen molar-refractivity contribution < 1.29 is 8.42 Å². The molecule has 1 aliphatic rings. The lowest BCUT2D eigenvalue weighted by Gasteiger charge is -2.31. The number of hydrogen-bond acceptors (Lipinski definition) is 4. The SMILES string of the molecule is Cc1cc(C)c(S(=O)(=O)NCC2CCN(Cc3ccsc3)CC2)c(C)c1. The Morgan fingerprint density at radius 3 is 2.38 bits per heavy atom. The first kappa shape index (κ1) is 19.5. The van der Waals surface area contributed by atoms with Gasteiger partial charge in [-0.15, -0.1) is 0 Å². The molecular weight excluding hydrogens is 364 g/mol. The van der Waals surface area contributed by atoms with E-state index in [-0.39, 0.29) is 0 Å². The van der Waals surface area contributed by atoms with Gasteiger partial charge in [-0.25, -0.2) is 13.1 Å². The van der Waals surface area contributed by atoms with E-state index in [1.165, 1.54) is 5.56 Å². The minimum absolute atomic E-state index is 0.412. The molecule has 1 fully saturated rings. The van der Waals surface area contributed by atoms with Crippen LogP contribution in [0.3, 0.4) is 0 Å². The van der Waals surface area contributed by atoms with Gasteiger partial charge in [0.2, 0.25) is 10.0 Å². The summed E-state index contributed by atoms with van der Waals surface area (Å²) in [5, 5.41) is 4.32. The van der Waals surface area contributed by atoms with Crippen molar-refractivity contribution in [3.05, 3.63) is 51.2 Å². The van der Waals surface area contributed by atoms with Crippen LogP contribution in [0.5, 0.6) is 0 Å². The van der Waals surface area contributed by atoms with Crippen molar-refractivity contribution in [3.8, 4) is 0 Å². The number of benzene rings is 1. The molecule has 2 aromatic rings. The highest BCUT2D eigenvalue weighted by Gasteiger charge is 2.24.